The van der Waals surface area contributed by atoms with E-state index in [1.165, 1.54) is 13.8 Å². The standard InChI is InChI=1S/C12H14O4/c1-8(13)12(2,14)11-7-15-9-5-3-4-6-10(9)16-11/h3-6,11,14H,7H2,1-2H3. The molecular weight excluding hydrogens is 208 g/mol. The van der Waals surface area contributed by atoms with Crippen molar-refractivity contribution in [3.8, 4) is 11.5 Å². The van der Waals surface area contributed by atoms with Crippen LogP contribution in [-0.2, 0) is 4.79 Å². The van der Waals surface area contributed by atoms with Crippen molar-refractivity contribution in [3.05, 3.63) is 24.3 Å². The van der Waals surface area contributed by atoms with Gasteiger partial charge in [0.15, 0.2) is 29.0 Å². The fraction of sp³-hybridized carbons (Fsp3) is 0.417. The Morgan fingerprint density at radius 3 is 2.69 bits per heavy atom. The second kappa shape index (κ2) is 3.79. The quantitative estimate of drug-likeness (QED) is 0.816. The molecule has 16 heavy (non-hydrogen) atoms. The molecule has 2 atom stereocenters. The van der Waals surface area contributed by atoms with Crippen LogP contribution in [0.4, 0.5) is 0 Å². The molecular formula is C12H14O4. The normalized spacial score (nSPS) is 22.3. The molecule has 0 aromatic heterocycles. The summed E-state index contributed by atoms with van der Waals surface area (Å²) >= 11 is 0. The van der Waals surface area contributed by atoms with Crippen molar-refractivity contribution >= 4 is 5.78 Å². The highest BCUT2D eigenvalue weighted by molar-refractivity contribution is 5.85. The van der Waals surface area contributed by atoms with Crippen molar-refractivity contribution in [2.24, 2.45) is 0 Å². The second-order valence-electron chi connectivity index (χ2n) is 4.07. The molecule has 1 aromatic rings. The van der Waals surface area contributed by atoms with E-state index in [2.05, 4.69) is 0 Å². The Bertz CT molecular complexity index is 411. The molecule has 0 bridgehead atoms. The van der Waals surface area contributed by atoms with Crippen molar-refractivity contribution < 1.29 is 19.4 Å². The number of para-hydroxylation sites is 2. The Kier molecular flexibility index (Phi) is 2.59. The second-order valence-corrected chi connectivity index (χ2v) is 4.07. The van der Waals surface area contributed by atoms with Gasteiger partial charge in [-0.05, 0) is 26.0 Å². The minimum Gasteiger partial charge on any atom is -0.486 e. The van der Waals surface area contributed by atoms with Crippen LogP contribution in [0.15, 0.2) is 24.3 Å². The highest BCUT2D eigenvalue weighted by atomic mass is 16.6. The average Bonchev–Trinajstić information content (AvgIpc) is 2.28. The number of ether oxygens (including phenoxy) is 2. The van der Waals surface area contributed by atoms with Crippen LogP contribution in [0.5, 0.6) is 11.5 Å². The zero-order chi connectivity index (χ0) is 11.8. The number of carbonyl (C=O) groups excluding carboxylic acids is 1. The van der Waals surface area contributed by atoms with Crippen molar-refractivity contribution in [1.82, 2.24) is 0 Å². The lowest BCUT2D eigenvalue weighted by atomic mass is 9.94. The Morgan fingerprint density at radius 2 is 2.06 bits per heavy atom. The minimum atomic E-state index is -1.52. The Morgan fingerprint density at radius 1 is 1.44 bits per heavy atom. The lowest BCUT2D eigenvalue weighted by Gasteiger charge is -2.34. The summed E-state index contributed by atoms with van der Waals surface area (Å²) in [4.78, 5) is 11.3. The van der Waals surface area contributed by atoms with Gasteiger partial charge in [0.1, 0.15) is 6.61 Å². The number of rotatable bonds is 2. The predicted molar refractivity (Wildman–Crippen MR) is 57.7 cm³/mol. The molecule has 86 valence electrons. The summed E-state index contributed by atoms with van der Waals surface area (Å²) in [6.07, 6.45) is -0.667. The Labute approximate surface area is 93.8 Å². The summed E-state index contributed by atoms with van der Waals surface area (Å²) < 4.78 is 11.0. The van der Waals surface area contributed by atoms with Crippen LogP contribution in [0.2, 0.25) is 0 Å². The number of carbonyl (C=O) groups is 1. The molecule has 2 rings (SSSR count). The molecule has 1 heterocycles. The summed E-state index contributed by atoms with van der Waals surface area (Å²) in [5.74, 6) is 0.860. The summed E-state index contributed by atoms with van der Waals surface area (Å²) in [7, 11) is 0. The number of hydrogen-bond acceptors (Lipinski definition) is 4. The fourth-order valence-corrected chi connectivity index (χ4v) is 1.52. The largest absolute Gasteiger partial charge is 0.486 e. The van der Waals surface area contributed by atoms with Gasteiger partial charge in [-0.15, -0.1) is 0 Å². The van der Waals surface area contributed by atoms with E-state index in [-0.39, 0.29) is 12.4 Å². The molecule has 1 N–H and O–H groups in total. The van der Waals surface area contributed by atoms with Crippen molar-refractivity contribution in [1.29, 1.82) is 0 Å². The summed E-state index contributed by atoms with van der Waals surface area (Å²) in [5, 5.41) is 9.99. The molecule has 1 aromatic carbocycles. The van der Waals surface area contributed by atoms with Gasteiger partial charge in [0.05, 0.1) is 0 Å². The van der Waals surface area contributed by atoms with Gasteiger partial charge < -0.3 is 14.6 Å². The third-order valence-electron chi connectivity index (χ3n) is 2.85. The lowest BCUT2D eigenvalue weighted by molar-refractivity contribution is -0.146. The zero-order valence-corrected chi connectivity index (χ0v) is 9.27. The monoisotopic (exact) mass is 222 g/mol. The highest BCUT2D eigenvalue weighted by Gasteiger charge is 2.41. The van der Waals surface area contributed by atoms with E-state index in [1.807, 2.05) is 12.1 Å². The Balaban J connectivity index is 2.23. The van der Waals surface area contributed by atoms with E-state index in [4.69, 9.17) is 9.47 Å². The van der Waals surface area contributed by atoms with E-state index >= 15 is 0 Å². The number of ketones is 1. The summed E-state index contributed by atoms with van der Waals surface area (Å²) in [6, 6.07) is 7.18. The molecule has 1 aliphatic rings. The van der Waals surface area contributed by atoms with E-state index in [1.54, 1.807) is 12.1 Å². The number of Topliss-reactive ketones (excluding diaryl/α,β-unsaturated/α-hetero) is 1. The highest BCUT2D eigenvalue weighted by Crippen LogP contribution is 2.33. The number of fused-ring (bicyclic) bond motifs is 1. The molecule has 4 heteroatoms. The van der Waals surface area contributed by atoms with Gasteiger partial charge in [0.2, 0.25) is 0 Å². The van der Waals surface area contributed by atoms with Crippen LogP contribution in [0.3, 0.4) is 0 Å². The average molecular weight is 222 g/mol. The third-order valence-corrected chi connectivity index (χ3v) is 2.85. The van der Waals surface area contributed by atoms with E-state index < -0.39 is 11.7 Å². The van der Waals surface area contributed by atoms with Crippen molar-refractivity contribution in [3.63, 3.8) is 0 Å². The lowest BCUT2D eigenvalue weighted by Crippen LogP contribution is -2.52. The van der Waals surface area contributed by atoms with Gasteiger partial charge in [-0.1, -0.05) is 12.1 Å². The molecule has 0 saturated heterocycles. The molecule has 2 unspecified atom stereocenters. The maximum absolute atomic E-state index is 11.3. The SMILES string of the molecule is CC(=O)C(C)(O)C1COc2ccccc2O1. The first kappa shape index (κ1) is 11.0. The fourth-order valence-electron chi connectivity index (χ4n) is 1.52. The van der Waals surface area contributed by atoms with Gasteiger partial charge in [0, 0.05) is 0 Å². The van der Waals surface area contributed by atoms with Crippen LogP contribution in [0.1, 0.15) is 13.8 Å². The third kappa shape index (κ3) is 1.76. The minimum absolute atomic E-state index is 0.170. The van der Waals surface area contributed by atoms with Crippen LogP contribution in [0.25, 0.3) is 0 Å². The number of hydrogen-bond donors (Lipinski definition) is 1. The zero-order valence-electron chi connectivity index (χ0n) is 9.27. The number of aliphatic hydroxyl groups is 1. The molecule has 0 spiro atoms. The molecule has 0 saturated carbocycles. The summed E-state index contributed by atoms with van der Waals surface area (Å²) in [6.45, 7) is 2.95. The van der Waals surface area contributed by atoms with Crippen LogP contribution >= 0.6 is 0 Å². The van der Waals surface area contributed by atoms with Gasteiger partial charge in [-0.2, -0.15) is 0 Å². The van der Waals surface area contributed by atoms with E-state index in [9.17, 15) is 9.90 Å². The summed E-state index contributed by atoms with van der Waals surface area (Å²) in [5.41, 5.74) is -1.52. The van der Waals surface area contributed by atoms with E-state index in [0.29, 0.717) is 11.5 Å². The van der Waals surface area contributed by atoms with Crippen LogP contribution in [-0.4, -0.2) is 29.2 Å². The maximum Gasteiger partial charge on any atom is 0.168 e. The first-order valence-corrected chi connectivity index (χ1v) is 5.13. The van der Waals surface area contributed by atoms with Gasteiger partial charge in [0.25, 0.3) is 0 Å². The molecule has 0 aliphatic carbocycles. The first-order chi connectivity index (χ1) is 7.51. The molecule has 1 aliphatic heterocycles. The Hall–Kier alpha value is -1.55. The van der Waals surface area contributed by atoms with Crippen molar-refractivity contribution in [2.75, 3.05) is 6.61 Å². The van der Waals surface area contributed by atoms with Gasteiger partial charge >= 0.3 is 0 Å². The smallest absolute Gasteiger partial charge is 0.168 e. The van der Waals surface area contributed by atoms with E-state index in [0.717, 1.165) is 0 Å². The topological polar surface area (TPSA) is 55.8 Å². The molecule has 4 nitrogen and oxygen atoms in total. The van der Waals surface area contributed by atoms with Gasteiger partial charge in [-0.3, -0.25) is 4.79 Å². The molecule has 0 fully saturated rings. The van der Waals surface area contributed by atoms with Crippen LogP contribution in [0, 0.1) is 0 Å². The predicted octanol–water partition coefficient (Wildman–Crippen LogP) is 1.17. The maximum atomic E-state index is 11.3. The van der Waals surface area contributed by atoms with Crippen molar-refractivity contribution in [2.45, 2.75) is 25.6 Å². The van der Waals surface area contributed by atoms with Crippen LogP contribution < -0.4 is 9.47 Å². The molecule has 0 radical (unpaired) electrons. The number of benzene rings is 1. The van der Waals surface area contributed by atoms with Gasteiger partial charge in [-0.25, -0.2) is 0 Å². The molecule has 0 amide bonds. The first-order valence-electron chi connectivity index (χ1n) is 5.13.